The van der Waals surface area contributed by atoms with Crippen molar-refractivity contribution < 1.29 is 0 Å². The average Bonchev–Trinajstić information content (AvgIpc) is 2.07. The summed E-state index contributed by atoms with van der Waals surface area (Å²) < 4.78 is 0. The van der Waals surface area contributed by atoms with Crippen LogP contribution in [-0.2, 0) is 0 Å². The summed E-state index contributed by atoms with van der Waals surface area (Å²) >= 11 is 0. The lowest BCUT2D eigenvalue weighted by Gasteiger charge is -2.27. The summed E-state index contributed by atoms with van der Waals surface area (Å²) in [7, 11) is 0. The van der Waals surface area contributed by atoms with E-state index in [0.717, 1.165) is 16.8 Å². The second kappa shape index (κ2) is 3.62. The zero-order valence-corrected chi connectivity index (χ0v) is 9.46. The summed E-state index contributed by atoms with van der Waals surface area (Å²) in [4.78, 5) is 0. The number of hydrogen-bond acceptors (Lipinski definition) is 2. The van der Waals surface area contributed by atoms with Crippen LogP contribution in [0.25, 0.3) is 0 Å². The summed E-state index contributed by atoms with van der Waals surface area (Å²) in [5.74, 6) is 0. The molecular weight excluding hydrogens is 172 g/mol. The minimum atomic E-state index is 0.0572. The van der Waals surface area contributed by atoms with Gasteiger partial charge in [0.2, 0.25) is 0 Å². The molecule has 0 aromatic heterocycles. The van der Waals surface area contributed by atoms with Gasteiger partial charge in [-0.3, -0.25) is 0 Å². The van der Waals surface area contributed by atoms with E-state index >= 15 is 0 Å². The first kappa shape index (κ1) is 11.1. The molecule has 0 amide bonds. The van der Waals surface area contributed by atoms with E-state index < -0.39 is 0 Å². The van der Waals surface area contributed by atoms with Crippen LogP contribution in [0.3, 0.4) is 0 Å². The summed E-state index contributed by atoms with van der Waals surface area (Å²) in [5, 5.41) is 0. The quantitative estimate of drug-likeness (QED) is 0.672. The van der Waals surface area contributed by atoms with Gasteiger partial charge in [-0.2, -0.15) is 0 Å². The molecule has 4 N–H and O–H groups in total. The standard InChI is InChI=1S/C12H20N2/c1-8-7-9(5-6-10(8)13)11(14)12(2,3)4/h5-7,11H,13-14H2,1-4H3. The topological polar surface area (TPSA) is 52.0 Å². The molecular formula is C12H20N2. The second-order valence-electron chi connectivity index (χ2n) is 4.96. The molecule has 0 saturated carbocycles. The summed E-state index contributed by atoms with van der Waals surface area (Å²) in [6, 6.07) is 6.07. The Hall–Kier alpha value is -1.02. The Morgan fingerprint density at radius 2 is 1.79 bits per heavy atom. The van der Waals surface area contributed by atoms with E-state index in [0.29, 0.717) is 0 Å². The maximum atomic E-state index is 6.15. The first-order valence-electron chi connectivity index (χ1n) is 4.94. The van der Waals surface area contributed by atoms with Gasteiger partial charge in [-0.1, -0.05) is 32.9 Å². The number of anilines is 1. The van der Waals surface area contributed by atoms with E-state index in [4.69, 9.17) is 11.5 Å². The van der Waals surface area contributed by atoms with Crippen molar-refractivity contribution in [1.82, 2.24) is 0 Å². The monoisotopic (exact) mass is 192 g/mol. The molecule has 0 aliphatic heterocycles. The van der Waals surface area contributed by atoms with Gasteiger partial charge in [0.1, 0.15) is 0 Å². The van der Waals surface area contributed by atoms with Crippen molar-refractivity contribution in [3.8, 4) is 0 Å². The van der Waals surface area contributed by atoms with E-state index in [1.807, 2.05) is 19.1 Å². The molecule has 0 heterocycles. The van der Waals surface area contributed by atoms with E-state index in [2.05, 4.69) is 26.8 Å². The molecule has 14 heavy (non-hydrogen) atoms. The molecule has 1 atom stereocenters. The van der Waals surface area contributed by atoms with Gasteiger partial charge in [-0.15, -0.1) is 0 Å². The van der Waals surface area contributed by atoms with Crippen LogP contribution < -0.4 is 11.5 Å². The van der Waals surface area contributed by atoms with Crippen LogP contribution in [0.1, 0.15) is 37.9 Å². The van der Waals surface area contributed by atoms with Crippen LogP contribution in [0, 0.1) is 12.3 Å². The molecule has 2 nitrogen and oxygen atoms in total. The minimum Gasteiger partial charge on any atom is -0.399 e. The van der Waals surface area contributed by atoms with Crippen molar-refractivity contribution >= 4 is 5.69 Å². The van der Waals surface area contributed by atoms with Crippen molar-refractivity contribution in [3.05, 3.63) is 29.3 Å². The first-order chi connectivity index (χ1) is 6.32. The van der Waals surface area contributed by atoms with Gasteiger partial charge >= 0.3 is 0 Å². The molecule has 1 unspecified atom stereocenters. The molecule has 1 aromatic rings. The maximum Gasteiger partial charge on any atom is 0.0344 e. The Morgan fingerprint density at radius 1 is 1.21 bits per heavy atom. The van der Waals surface area contributed by atoms with Crippen molar-refractivity contribution in [2.45, 2.75) is 33.7 Å². The Balaban J connectivity index is 3.03. The molecule has 0 bridgehead atoms. The lowest BCUT2D eigenvalue weighted by atomic mass is 9.82. The van der Waals surface area contributed by atoms with Crippen molar-refractivity contribution in [2.24, 2.45) is 11.1 Å². The van der Waals surface area contributed by atoms with Crippen LogP contribution in [0.15, 0.2) is 18.2 Å². The molecule has 0 spiro atoms. The van der Waals surface area contributed by atoms with Crippen LogP contribution in [0.2, 0.25) is 0 Å². The fourth-order valence-corrected chi connectivity index (χ4v) is 1.39. The van der Waals surface area contributed by atoms with Crippen LogP contribution in [0.5, 0.6) is 0 Å². The van der Waals surface area contributed by atoms with Gasteiger partial charge < -0.3 is 11.5 Å². The second-order valence-corrected chi connectivity index (χ2v) is 4.96. The fraction of sp³-hybridized carbons (Fsp3) is 0.500. The van der Waals surface area contributed by atoms with Gasteiger partial charge in [0.25, 0.3) is 0 Å². The largest absolute Gasteiger partial charge is 0.399 e. The van der Waals surface area contributed by atoms with Crippen LogP contribution in [-0.4, -0.2) is 0 Å². The highest BCUT2D eigenvalue weighted by Crippen LogP contribution is 2.31. The highest BCUT2D eigenvalue weighted by Gasteiger charge is 2.22. The van der Waals surface area contributed by atoms with E-state index in [9.17, 15) is 0 Å². The van der Waals surface area contributed by atoms with E-state index in [-0.39, 0.29) is 11.5 Å². The van der Waals surface area contributed by atoms with E-state index in [1.54, 1.807) is 0 Å². The molecule has 2 heteroatoms. The molecule has 0 fully saturated rings. The number of aryl methyl sites for hydroxylation is 1. The smallest absolute Gasteiger partial charge is 0.0344 e. The number of benzene rings is 1. The fourth-order valence-electron chi connectivity index (χ4n) is 1.39. The van der Waals surface area contributed by atoms with Gasteiger partial charge in [0.15, 0.2) is 0 Å². The Kier molecular flexibility index (Phi) is 2.86. The predicted octanol–water partition coefficient (Wildman–Crippen LogP) is 2.62. The molecule has 0 saturated heterocycles. The van der Waals surface area contributed by atoms with E-state index in [1.165, 1.54) is 0 Å². The van der Waals surface area contributed by atoms with Crippen LogP contribution >= 0.6 is 0 Å². The Morgan fingerprint density at radius 3 is 2.21 bits per heavy atom. The first-order valence-corrected chi connectivity index (χ1v) is 4.94. The summed E-state index contributed by atoms with van der Waals surface area (Å²) in [5.41, 5.74) is 15.1. The van der Waals surface area contributed by atoms with Gasteiger partial charge in [-0.05, 0) is 29.5 Å². The Bertz CT molecular complexity index is 324. The molecule has 0 aliphatic carbocycles. The van der Waals surface area contributed by atoms with Crippen molar-refractivity contribution in [1.29, 1.82) is 0 Å². The Labute approximate surface area is 86.3 Å². The highest BCUT2D eigenvalue weighted by atomic mass is 14.7. The lowest BCUT2D eigenvalue weighted by Crippen LogP contribution is -2.26. The zero-order chi connectivity index (χ0) is 10.9. The maximum absolute atomic E-state index is 6.15. The van der Waals surface area contributed by atoms with Gasteiger partial charge in [0, 0.05) is 11.7 Å². The molecule has 0 aliphatic rings. The van der Waals surface area contributed by atoms with Crippen LogP contribution in [0.4, 0.5) is 5.69 Å². The molecule has 1 aromatic carbocycles. The van der Waals surface area contributed by atoms with Crippen molar-refractivity contribution in [3.63, 3.8) is 0 Å². The van der Waals surface area contributed by atoms with Gasteiger partial charge in [0.05, 0.1) is 0 Å². The predicted molar refractivity (Wildman–Crippen MR) is 62.0 cm³/mol. The number of hydrogen-bond donors (Lipinski definition) is 2. The normalized spacial score (nSPS) is 14.1. The number of nitrogens with two attached hydrogens (primary N) is 2. The minimum absolute atomic E-state index is 0.0572. The van der Waals surface area contributed by atoms with Gasteiger partial charge in [-0.25, -0.2) is 0 Å². The zero-order valence-electron chi connectivity index (χ0n) is 9.46. The SMILES string of the molecule is Cc1cc(C(N)C(C)(C)C)ccc1N. The molecule has 0 radical (unpaired) electrons. The lowest BCUT2D eigenvalue weighted by molar-refractivity contribution is 0.327. The molecule has 78 valence electrons. The third-order valence-electron chi connectivity index (χ3n) is 2.59. The molecule has 1 rings (SSSR count). The number of rotatable bonds is 1. The third kappa shape index (κ3) is 2.26. The highest BCUT2D eigenvalue weighted by molar-refractivity contribution is 5.48. The van der Waals surface area contributed by atoms with Crippen molar-refractivity contribution in [2.75, 3.05) is 5.73 Å². The summed E-state index contributed by atoms with van der Waals surface area (Å²) in [6.45, 7) is 8.43. The number of nitrogen functional groups attached to an aromatic ring is 1. The average molecular weight is 192 g/mol. The summed E-state index contributed by atoms with van der Waals surface area (Å²) in [6.07, 6.45) is 0. The third-order valence-corrected chi connectivity index (χ3v) is 2.59.